The fourth-order valence-electron chi connectivity index (χ4n) is 2.75. The van der Waals surface area contributed by atoms with Gasteiger partial charge in [0.2, 0.25) is 5.78 Å². The Hall–Kier alpha value is -2.38. The number of nitrogens with one attached hydrogen (secondary N) is 2. The Morgan fingerprint density at radius 2 is 2.25 bits per heavy atom. The summed E-state index contributed by atoms with van der Waals surface area (Å²) in [6.07, 6.45) is -0.434. The summed E-state index contributed by atoms with van der Waals surface area (Å²) < 4.78 is 18.9. The maximum absolute atomic E-state index is 13.6. The molecule has 3 amide bonds. The van der Waals surface area contributed by atoms with Crippen molar-refractivity contribution in [1.29, 1.82) is 0 Å². The van der Waals surface area contributed by atoms with Gasteiger partial charge in [0.15, 0.2) is 12.3 Å². The van der Waals surface area contributed by atoms with Crippen LogP contribution in [0.15, 0.2) is 23.5 Å². The van der Waals surface area contributed by atoms with Crippen LogP contribution in [0.1, 0.15) is 6.42 Å². The Morgan fingerprint density at radius 1 is 1.50 bits per heavy atom. The first-order chi connectivity index (χ1) is 9.43. The van der Waals surface area contributed by atoms with E-state index in [1.807, 2.05) is 0 Å². The van der Waals surface area contributed by atoms with Crippen molar-refractivity contribution in [2.24, 2.45) is 5.73 Å². The number of allylic oxidation sites excluding steroid dienone is 2. The number of urea groups is 1. The van der Waals surface area contributed by atoms with Crippen molar-refractivity contribution in [2.75, 3.05) is 6.54 Å². The lowest BCUT2D eigenvalue weighted by Crippen LogP contribution is -2.56. The molecule has 3 unspecified atom stereocenters. The Kier molecular flexibility index (Phi) is 2.56. The number of fused-ring (bicyclic) bond motifs is 1. The number of rotatable bonds is 1. The summed E-state index contributed by atoms with van der Waals surface area (Å²) in [5.41, 5.74) is 4.12. The highest BCUT2D eigenvalue weighted by atomic mass is 19.1. The molecular formula is C12H12FN3O4. The molecule has 1 saturated heterocycles. The molecule has 0 aromatic carbocycles. The number of ether oxygens (including phenoxy) is 1. The lowest BCUT2D eigenvalue weighted by molar-refractivity contribution is -0.130. The second-order valence-electron chi connectivity index (χ2n) is 4.97. The molecule has 1 spiro atoms. The van der Waals surface area contributed by atoms with Gasteiger partial charge in [-0.25, -0.2) is 9.18 Å². The third-order valence-corrected chi connectivity index (χ3v) is 3.66. The van der Waals surface area contributed by atoms with Crippen LogP contribution >= 0.6 is 0 Å². The summed E-state index contributed by atoms with van der Waals surface area (Å²) >= 11 is 0. The van der Waals surface area contributed by atoms with Crippen molar-refractivity contribution in [3.63, 3.8) is 0 Å². The van der Waals surface area contributed by atoms with Crippen LogP contribution in [0.3, 0.4) is 0 Å². The average molecular weight is 281 g/mol. The fraction of sp³-hybridized carbons (Fsp3) is 0.417. The zero-order valence-corrected chi connectivity index (χ0v) is 10.3. The minimum absolute atomic E-state index is 0.00773. The van der Waals surface area contributed by atoms with E-state index in [4.69, 9.17) is 10.5 Å². The SMILES string of the molecule is NC(=O)C1CC2(CNC(=O)N2)C2=C(C=CC(F)C2=O)O1. The Balaban J connectivity index is 2.10. The smallest absolute Gasteiger partial charge is 0.315 e. The third kappa shape index (κ3) is 1.68. The van der Waals surface area contributed by atoms with Crippen LogP contribution in [-0.4, -0.2) is 42.1 Å². The number of hydrogen-bond acceptors (Lipinski definition) is 4. The summed E-state index contributed by atoms with van der Waals surface area (Å²) in [7, 11) is 0. The van der Waals surface area contributed by atoms with Crippen LogP contribution in [0, 0.1) is 0 Å². The number of hydrogen-bond donors (Lipinski definition) is 3. The molecule has 8 heteroatoms. The lowest BCUT2D eigenvalue weighted by Gasteiger charge is -2.39. The summed E-state index contributed by atoms with van der Waals surface area (Å²) in [4.78, 5) is 34.8. The summed E-state index contributed by atoms with van der Waals surface area (Å²) in [5.74, 6) is -1.39. The van der Waals surface area contributed by atoms with Gasteiger partial charge in [-0.3, -0.25) is 9.59 Å². The third-order valence-electron chi connectivity index (χ3n) is 3.66. The van der Waals surface area contributed by atoms with Gasteiger partial charge in [0.1, 0.15) is 5.76 Å². The second kappa shape index (κ2) is 4.06. The Bertz CT molecular complexity index is 585. The molecule has 0 aromatic heterocycles. The maximum atomic E-state index is 13.6. The van der Waals surface area contributed by atoms with Crippen molar-refractivity contribution in [3.05, 3.63) is 23.5 Å². The number of carbonyl (C=O) groups excluding carboxylic acids is 3. The largest absolute Gasteiger partial charge is 0.480 e. The van der Waals surface area contributed by atoms with E-state index in [2.05, 4.69) is 10.6 Å². The summed E-state index contributed by atoms with van der Waals surface area (Å²) in [6, 6.07) is -0.486. The molecule has 0 bridgehead atoms. The van der Waals surface area contributed by atoms with Crippen LogP contribution in [-0.2, 0) is 14.3 Å². The number of ketones is 1. The molecule has 3 aliphatic rings. The predicted molar refractivity (Wildman–Crippen MR) is 64.0 cm³/mol. The van der Waals surface area contributed by atoms with Gasteiger partial charge in [0, 0.05) is 13.0 Å². The summed E-state index contributed by atoms with van der Waals surface area (Å²) in [6.45, 7) is 0.0735. The Morgan fingerprint density at radius 3 is 2.85 bits per heavy atom. The molecule has 0 radical (unpaired) electrons. The molecule has 1 fully saturated rings. The number of carbonyl (C=O) groups is 3. The molecule has 0 saturated carbocycles. The highest BCUT2D eigenvalue weighted by Crippen LogP contribution is 2.38. The minimum Gasteiger partial charge on any atom is -0.480 e. The number of halogens is 1. The molecule has 7 nitrogen and oxygen atoms in total. The van der Waals surface area contributed by atoms with Gasteiger partial charge in [-0.1, -0.05) is 0 Å². The first kappa shape index (κ1) is 12.6. The van der Waals surface area contributed by atoms with E-state index in [1.165, 1.54) is 6.08 Å². The van der Waals surface area contributed by atoms with E-state index in [0.29, 0.717) is 0 Å². The number of primary amides is 1. The van der Waals surface area contributed by atoms with Crippen LogP contribution in [0.25, 0.3) is 0 Å². The number of amides is 3. The number of nitrogens with two attached hydrogens (primary N) is 1. The van der Waals surface area contributed by atoms with Gasteiger partial charge in [0.25, 0.3) is 5.91 Å². The van der Waals surface area contributed by atoms with Crippen molar-refractivity contribution in [2.45, 2.75) is 24.2 Å². The van der Waals surface area contributed by atoms with E-state index in [0.717, 1.165) is 6.08 Å². The highest BCUT2D eigenvalue weighted by Gasteiger charge is 2.53. The van der Waals surface area contributed by atoms with Crippen LogP contribution in [0.5, 0.6) is 0 Å². The summed E-state index contributed by atoms with van der Waals surface area (Å²) in [5, 5.41) is 5.10. The maximum Gasteiger partial charge on any atom is 0.315 e. The molecule has 4 N–H and O–H groups in total. The van der Waals surface area contributed by atoms with E-state index < -0.39 is 35.5 Å². The van der Waals surface area contributed by atoms with Gasteiger partial charge in [-0.05, 0) is 12.2 Å². The molecule has 3 rings (SSSR count). The predicted octanol–water partition coefficient (Wildman–Crippen LogP) is -0.957. The zero-order chi connectivity index (χ0) is 14.5. The monoisotopic (exact) mass is 281 g/mol. The molecule has 3 atom stereocenters. The normalized spacial score (nSPS) is 35.5. The average Bonchev–Trinajstić information content (AvgIpc) is 2.75. The van der Waals surface area contributed by atoms with E-state index >= 15 is 0 Å². The van der Waals surface area contributed by atoms with Gasteiger partial charge in [0.05, 0.1) is 11.1 Å². The second-order valence-corrected chi connectivity index (χ2v) is 4.97. The van der Waals surface area contributed by atoms with Gasteiger partial charge in [-0.15, -0.1) is 0 Å². The van der Waals surface area contributed by atoms with E-state index in [-0.39, 0.29) is 24.3 Å². The Labute approximate surface area is 113 Å². The molecule has 1 aliphatic carbocycles. The van der Waals surface area contributed by atoms with Crippen molar-refractivity contribution in [1.82, 2.24) is 10.6 Å². The van der Waals surface area contributed by atoms with Crippen molar-refractivity contribution >= 4 is 17.7 Å². The molecule has 0 aromatic rings. The molecule has 2 aliphatic heterocycles. The topological polar surface area (TPSA) is 111 Å². The van der Waals surface area contributed by atoms with E-state index in [1.54, 1.807) is 0 Å². The van der Waals surface area contributed by atoms with Crippen LogP contribution in [0.4, 0.5) is 9.18 Å². The molecule has 2 heterocycles. The highest BCUT2D eigenvalue weighted by molar-refractivity contribution is 6.05. The van der Waals surface area contributed by atoms with Crippen molar-refractivity contribution < 1.29 is 23.5 Å². The minimum atomic E-state index is -1.78. The standard InChI is InChI=1S/C12H12FN3O4/c13-5-1-2-6-8(9(5)17)12(4-15-11(19)16-12)3-7(20-6)10(14)18/h1-2,5,7H,3-4H2,(H2,14,18)(H2,15,16,19). The van der Waals surface area contributed by atoms with E-state index in [9.17, 15) is 18.8 Å². The van der Waals surface area contributed by atoms with Gasteiger partial charge < -0.3 is 21.1 Å². The molecular weight excluding hydrogens is 269 g/mol. The first-order valence-corrected chi connectivity index (χ1v) is 6.06. The van der Waals surface area contributed by atoms with Crippen LogP contribution in [0.2, 0.25) is 0 Å². The van der Waals surface area contributed by atoms with Gasteiger partial charge in [-0.2, -0.15) is 0 Å². The first-order valence-electron chi connectivity index (χ1n) is 6.06. The molecule has 106 valence electrons. The number of alkyl halides is 1. The van der Waals surface area contributed by atoms with Crippen LogP contribution < -0.4 is 16.4 Å². The fourth-order valence-corrected chi connectivity index (χ4v) is 2.75. The molecule has 20 heavy (non-hydrogen) atoms. The lowest BCUT2D eigenvalue weighted by atomic mass is 9.77. The van der Waals surface area contributed by atoms with Gasteiger partial charge >= 0.3 is 6.03 Å². The number of Topliss-reactive ketones (excluding diaryl/α,β-unsaturated/α-hetero) is 1. The van der Waals surface area contributed by atoms with Crippen molar-refractivity contribution in [3.8, 4) is 0 Å². The quantitative estimate of drug-likeness (QED) is 0.575. The zero-order valence-electron chi connectivity index (χ0n) is 10.3.